The number of carbonyl (C=O) groups is 1. The summed E-state index contributed by atoms with van der Waals surface area (Å²) in [7, 11) is 1.71. The van der Waals surface area contributed by atoms with E-state index in [2.05, 4.69) is 15.6 Å². The Kier molecular flexibility index (Phi) is 8.36. The first-order chi connectivity index (χ1) is 14.5. The lowest BCUT2D eigenvalue weighted by atomic mass is 9.85. The molecule has 3 rings (SSSR count). The van der Waals surface area contributed by atoms with Gasteiger partial charge in [-0.25, -0.2) is 8.78 Å². The van der Waals surface area contributed by atoms with E-state index in [1.807, 2.05) is 23.6 Å². The van der Waals surface area contributed by atoms with E-state index in [4.69, 9.17) is 0 Å². The lowest BCUT2D eigenvalue weighted by Crippen LogP contribution is -2.47. The average Bonchev–Trinajstić information content (AvgIpc) is 2.77. The molecule has 1 unspecified atom stereocenters. The van der Waals surface area contributed by atoms with E-state index in [9.17, 15) is 13.6 Å². The summed E-state index contributed by atoms with van der Waals surface area (Å²) in [6.07, 6.45) is 3.66. The van der Waals surface area contributed by atoms with Crippen LogP contribution in [0, 0.1) is 17.6 Å². The van der Waals surface area contributed by atoms with Gasteiger partial charge >= 0.3 is 0 Å². The Balaban J connectivity index is 1.43. The van der Waals surface area contributed by atoms with Crippen molar-refractivity contribution >= 4 is 23.6 Å². The third kappa shape index (κ3) is 6.09. The van der Waals surface area contributed by atoms with Crippen LogP contribution in [0.5, 0.6) is 0 Å². The molecule has 1 aliphatic heterocycles. The number of benzene rings is 1. The highest BCUT2D eigenvalue weighted by atomic mass is 32.2. The van der Waals surface area contributed by atoms with Crippen molar-refractivity contribution in [2.24, 2.45) is 10.9 Å². The van der Waals surface area contributed by atoms with Crippen LogP contribution in [0.1, 0.15) is 44.1 Å². The summed E-state index contributed by atoms with van der Waals surface area (Å²) in [6.45, 7) is 4.14. The number of halogens is 2. The zero-order chi connectivity index (χ0) is 21.5. The molecule has 1 aromatic rings. The van der Waals surface area contributed by atoms with E-state index < -0.39 is 11.6 Å². The second kappa shape index (κ2) is 11.0. The molecule has 0 spiro atoms. The van der Waals surface area contributed by atoms with Crippen molar-refractivity contribution in [2.45, 2.75) is 44.6 Å². The molecule has 1 saturated heterocycles. The molecule has 1 atom stereocenters. The molecule has 30 heavy (non-hydrogen) atoms. The number of carbonyl (C=O) groups excluding carboxylic acids is 1. The number of aliphatic imine (C=N–C) groups is 1. The lowest BCUT2D eigenvalue weighted by Gasteiger charge is -2.34. The first kappa shape index (κ1) is 22.8. The second-order valence-electron chi connectivity index (χ2n) is 8.15. The number of amides is 1. The molecule has 1 amide bonds. The molecule has 2 fully saturated rings. The maximum absolute atomic E-state index is 14.0. The van der Waals surface area contributed by atoms with Crippen molar-refractivity contribution in [3.63, 3.8) is 0 Å². The van der Waals surface area contributed by atoms with Gasteiger partial charge in [0.15, 0.2) is 5.96 Å². The van der Waals surface area contributed by atoms with Gasteiger partial charge in [-0.15, -0.1) is 0 Å². The van der Waals surface area contributed by atoms with Crippen LogP contribution in [0.4, 0.5) is 8.78 Å². The van der Waals surface area contributed by atoms with Gasteiger partial charge in [0, 0.05) is 62.1 Å². The zero-order valence-electron chi connectivity index (χ0n) is 17.8. The van der Waals surface area contributed by atoms with Crippen molar-refractivity contribution in [1.82, 2.24) is 15.5 Å². The van der Waals surface area contributed by atoms with Gasteiger partial charge in [-0.1, -0.05) is 13.0 Å². The molecule has 2 aliphatic rings. The molecule has 1 aromatic carbocycles. The van der Waals surface area contributed by atoms with Gasteiger partial charge in [-0.2, -0.15) is 11.8 Å². The number of nitrogens with one attached hydrogen (secondary N) is 2. The van der Waals surface area contributed by atoms with Gasteiger partial charge in [0.25, 0.3) is 0 Å². The van der Waals surface area contributed by atoms with E-state index >= 15 is 0 Å². The van der Waals surface area contributed by atoms with E-state index in [0.29, 0.717) is 24.0 Å². The van der Waals surface area contributed by atoms with Crippen LogP contribution >= 0.6 is 11.8 Å². The summed E-state index contributed by atoms with van der Waals surface area (Å²) in [5.41, 5.74) is 0.481. The zero-order valence-corrected chi connectivity index (χ0v) is 18.6. The van der Waals surface area contributed by atoms with Gasteiger partial charge in [0.05, 0.1) is 0 Å². The van der Waals surface area contributed by atoms with Crippen LogP contribution in [0.3, 0.4) is 0 Å². The van der Waals surface area contributed by atoms with Crippen LogP contribution in [0.2, 0.25) is 0 Å². The normalized spacial score (nSPS) is 23.7. The number of rotatable bonds is 5. The third-order valence-corrected chi connectivity index (χ3v) is 6.98. The van der Waals surface area contributed by atoms with Crippen LogP contribution in [-0.2, 0) is 4.79 Å². The Hall–Kier alpha value is -1.83. The topological polar surface area (TPSA) is 56.7 Å². The molecule has 166 valence electrons. The molecule has 0 bridgehead atoms. The molecule has 0 radical (unpaired) electrons. The fourth-order valence-electron chi connectivity index (χ4n) is 4.18. The molecule has 8 heteroatoms. The minimum absolute atomic E-state index is 0.125. The van der Waals surface area contributed by atoms with Gasteiger partial charge in [-0.3, -0.25) is 9.79 Å². The summed E-state index contributed by atoms with van der Waals surface area (Å²) >= 11 is 1.92. The standard InChI is InChI=1S/C22H32F2N4OS/c1-15(19-8-5-17(23)13-20(19)24)14-26-22(25-2)27-18-6-3-16(4-7-18)21(29)28-9-11-30-12-10-28/h5,8,13,15-16,18H,3-4,6-7,9-12,14H2,1-2H3,(H2,25,26,27). The highest BCUT2D eigenvalue weighted by Crippen LogP contribution is 2.27. The predicted molar refractivity (Wildman–Crippen MR) is 119 cm³/mol. The van der Waals surface area contributed by atoms with Gasteiger partial charge in [0.1, 0.15) is 11.6 Å². The molecular weight excluding hydrogens is 406 g/mol. The molecule has 1 heterocycles. The third-order valence-electron chi connectivity index (χ3n) is 6.03. The second-order valence-corrected chi connectivity index (χ2v) is 9.38. The van der Waals surface area contributed by atoms with E-state index in [0.717, 1.165) is 56.3 Å². The van der Waals surface area contributed by atoms with Crippen molar-refractivity contribution < 1.29 is 13.6 Å². The average molecular weight is 439 g/mol. The summed E-state index contributed by atoms with van der Waals surface area (Å²) < 4.78 is 27.1. The van der Waals surface area contributed by atoms with E-state index in [1.54, 1.807) is 7.05 Å². The smallest absolute Gasteiger partial charge is 0.225 e. The summed E-state index contributed by atoms with van der Waals surface area (Å²) in [5.74, 6) is 2.02. The first-order valence-corrected chi connectivity index (χ1v) is 11.9. The summed E-state index contributed by atoms with van der Waals surface area (Å²) in [6, 6.07) is 3.97. The summed E-state index contributed by atoms with van der Waals surface area (Å²) in [4.78, 5) is 19.0. The van der Waals surface area contributed by atoms with Gasteiger partial charge in [-0.05, 0) is 37.3 Å². The molecule has 0 aromatic heterocycles. The Morgan fingerprint density at radius 3 is 2.57 bits per heavy atom. The van der Waals surface area contributed by atoms with E-state index in [1.165, 1.54) is 12.1 Å². The van der Waals surface area contributed by atoms with Crippen LogP contribution in [-0.4, -0.2) is 61.0 Å². The highest BCUT2D eigenvalue weighted by molar-refractivity contribution is 7.99. The Bertz CT molecular complexity index is 747. The van der Waals surface area contributed by atoms with Crippen molar-refractivity contribution in [3.8, 4) is 0 Å². The van der Waals surface area contributed by atoms with Crippen molar-refractivity contribution in [2.75, 3.05) is 38.2 Å². The lowest BCUT2D eigenvalue weighted by molar-refractivity contribution is -0.136. The van der Waals surface area contributed by atoms with Gasteiger partial charge in [0.2, 0.25) is 5.91 Å². The molecule has 2 N–H and O–H groups in total. The molecular formula is C22H32F2N4OS. The Morgan fingerprint density at radius 1 is 1.23 bits per heavy atom. The minimum atomic E-state index is -0.567. The highest BCUT2D eigenvalue weighted by Gasteiger charge is 2.30. The predicted octanol–water partition coefficient (Wildman–Crippen LogP) is 3.37. The first-order valence-electron chi connectivity index (χ1n) is 10.8. The Labute approximate surface area is 182 Å². The molecule has 1 saturated carbocycles. The maximum Gasteiger partial charge on any atom is 0.225 e. The fraction of sp³-hybridized carbons (Fsp3) is 0.636. The van der Waals surface area contributed by atoms with Crippen LogP contribution < -0.4 is 10.6 Å². The van der Waals surface area contributed by atoms with Crippen LogP contribution in [0.25, 0.3) is 0 Å². The molecule has 5 nitrogen and oxygen atoms in total. The van der Waals surface area contributed by atoms with Crippen LogP contribution in [0.15, 0.2) is 23.2 Å². The summed E-state index contributed by atoms with van der Waals surface area (Å²) in [5, 5.41) is 6.68. The van der Waals surface area contributed by atoms with Crippen molar-refractivity contribution in [1.29, 1.82) is 0 Å². The number of guanidine groups is 1. The number of hydrogen-bond acceptors (Lipinski definition) is 3. The maximum atomic E-state index is 14.0. The van der Waals surface area contributed by atoms with Gasteiger partial charge < -0.3 is 15.5 Å². The largest absolute Gasteiger partial charge is 0.356 e. The van der Waals surface area contributed by atoms with E-state index in [-0.39, 0.29) is 17.9 Å². The van der Waals surface area contributed by atoms with Crippen molar-refractivity contribution in [3.05, 3.63) is 35.4 Å². The molecule has 1 aliphatic carbocycles. The number of thioether (sulfide) groups is 1. The monoisotopic (exact) mass is 438 g/mol. The Morgan fingerprint density at radius 2 is 1.93 bits per heavy atom. The minimum Gasteiger partial charge on any atom is -0.356 e. The number of hydrogen-bond donors (Lipinski definition) is 2. The SMILES string of the molecule is CN=C(NCC(C)c1ccc(F)cc1F)NC1CCC(C(=O)N2CCSCC2)CC1. The fourth-order valence-corrected chi connectivity index (χ4v) is 5.08. The number of nitrogens with zero attached hydrogens (tertiary/aromatic N) is 2. The quantitative estimate of drug-likeness (QED) is 0.547.